The topological polar surface area (TPSA) is 141 Å². The highest BCUT2D eigenvalue weighted by Gasteiger charge is 2.51. The molecule has 0 spiro atoms. The minimum absolute atomic E-state index is 0.103. The third-order valence-electron chi connectivity index (χ3n) is 5.38. The maximum absolute atomic E-state index is 12.8. The first-order valence-electron chi connectivity index (χ1n) is 9.26. The van der Waals surface area contributed by atoms with Crippen LogP contribution in [0.5, 0.6) is 0 Å². The van der Waals surface area contributed by atoms with Crippen molar-refractivity contribution in [2.45, 2.75) is 24.4 Å². The van der Waals surface area contributed by atoms with Crippen LogP contribution < -0.4 is 5.73 Å². The van der Waals surface area contributed by atoms with Gasteiger partial charge in [0.25, 0.3) is 0 Å². The zero-order valence-corrected chi connectivity index (χ0v) is 16.6. The minimum atomic E-state index is -1.21. The Balaban J connectivity index is 1.53. The number of fused-ring (bicyclic) bond motifs is 1. The van der Waals surface area contributed by atoms with Gasteiger partial charge in [0.05, 0.1) is 5.56 Å². The molecule has 2 saturated heterocycles. The molecule has 0 aromatic heterocycles. The first kappa shape index (κ1) is 20.2. The normalized spacial score (nSPS) is 24.9. The first-order chi connectivity index (χ1) is 14.3. The van der Waals surface area contributed by atoms with Crippen LogP contribution in [0.2, 0.25) is 0 Å². The average Bonchev–Trinajstić information content (AvgIpc) is 3.06. The molecule has 10 heteroatoms. The number of carbonyl (C=O) groups excluding carboxylic acids is 2. The second kappa shape index (κ2) is 7.62. The number of nitrogens with zero attached hydrogens (tertiary/aromatic N) is 2. The summed E-state index contributed by atoms with van der Waals surface area (Å²) in [6.45, 7) is 0.807. The second-order valence-corrected chi connectivity index (χ2v) is 8.37. The smallest absolute Gasteiger partial charge is 0.352 e. The zero-order valence-electron chi connectivity index (χ0n) is 15.8. The molecular weight excluding hydrogens is 410 g/mol. The molecule has 30 heavy (non-hydrogen) atoms. The van der Waals surface area contributed by atoms with Crippen LogP contribution in [0, 0.1) is 0 Å². The molecule has 9 nitrogen and oxygen atoms in total. The van der Waals surface area contributed by atoms with Crippen molar-refractivity contribution in [3.63, 3.8) is 0 Å². The van der Waals surface area contributed by atoms with Crippen LogP contribution in [0.3, 0.4) is 0 Å². The summed E-state index contributed by atoms with van der Waals surface area (Å²) < 4.78 is 0. The number of benzene rings is 1. The largest absolute Gasteiger partial charge is 0.478 e. The van der Waals surface area contributed by atoms with Gasteiger partial charge in [-0.05, 0) is 35.8 Å². The number of nitrogens with two attached hydrogens (primary N) is 1. The lowest BCUT2D eigenvalue weighted by molar-refractivity contribution is -0.147. The Morgan fingerprint density at radius 2 is 1.87 bits per heavy atom. The Kier molecular flexibility index (Phi) is 5.12. The molecule has 4 rings (SSSR count). The van der Waals surface area contributed by atoms with Crippen molar-refractivity contribution in [1.82, 2.24) is 9.80 Å². The molecule has 3 heterocycles. The van der Waals surface area contributed by atoms with E-state index < -0.39 is 23.9 Å². The molecule has 2 amide bonds. The molecule has 0 radical (unpaired) electrons. The first-order valence-corrected chi connectivity index (χ1v) is 10.3. The summed E-state index contributed by atoms with van der Waals surface area (Å²) in [6, 6.07) is 5.61. The Morgan fingerprint density at radius 1 is 1.17 bits per heavy atom. The number of carbonyl (C=O) groups is 4. The molecule has 4 N–H and O–H groups in total. The molecule has 3 aliphatic rings. The monoisotopic (exact) mass is 429 g/mol. The SMILES string of the molecule is N[C@@H]1C(=O)N2C(C(=O)O)=C(/C=C3\CCN(Cc4ccc(C(=O)O)cc4)C3=O)CS[C@H]12. The molecule has 0 bridgehead atoms. The quantitative estimate of drug-likeness (QED) is 0.457. The van der Waals surface area contributed by atoms with Crippen LogP contribution >= 0.6 is 11.8 Å². The van der Waals surface area contributed by atoms with Crippen LogP contribution in [-0.2, 0) is 20.9 Å². The number of aliphatic carboxylic acids is 1. The van der Waals surface area contributed by atoms with E-state index in [0.29, 0.717) is 36.4 Å². The highest BCUT2D eigenvalue weighted by atomic mass is 32.2. The maximum atomic E-state index is 12.8. The number of aromatic carboxylic acids is 1. The number of thioether (sulfide) groups is 1. The molecule has 0 aliphatic carbocycles. The van der Waals surface area contributed by atoms with Crippen LogP contribution in [-0.4, -0.2) is 67.5 Å². The van der Waals surface area contributed by atoms with Crippen molar-refractivity contribution in [3.8, 4) is 0 Å². The molecule has 156 valence electrons. The predicted octanol–water partition coefficient (Wildman–Crippen LogP) is 0.625. The van der Waals surface area contributed by atoms with Crippen molar-refractivity contribution in [2.75, 3.05) is 12.3 Å². The van der Waals surface area contributed by atoms with Gasteiger partial charge in [0, 0.05) is 24.4 Å². The van der Waals surface area contributed by atoms with E-state index in [9.17, 15) is 24.3 Å². The Hall–Kier alpha value is -3.11. The zero-order chi connectivity index (χ0) is 21.6. The van der Waals surface area contributed by atoms with Crippen LogP contribution in [0.1, 0.15) is 22.3 Å². The van der Waals surface area contributed by atoms with E-state index in [-0.39, 0.29) is 22.5 Å². The van der Waals surface area contributed by atoms with Crippen molar-refractivity contribution < 1.29 is 29.4 Å². The van der Waals surface area contributed by atoms with Crippen molar-refractivity contribution in [1.29, 1.82) is 0 Å². The lowest BCUT2D eigenvalue weighted by Crippen LogP contribution is -2.68. The van der Waals surface area contributed by atoms with Gasteiger partial charge in [-0.15, -0.1) is 11.8 Å². The fraction of sp³-hybridized carbons (Fsp3) is 0.300. The van der Waals surface area contributed by atoms with Gasteiger partial charge in [-0.2, -0.15) is 0 Å². The highest BCUT2D eigenvalue weighted by molar-refractivity contribution is 8.00. The Bertz CT molecular complexity index is 1020. The summed E-state index contributed by atoms with van der Waals surface area (Å²) in [7, 11) is 0. The maximum Gasteiger partial charge on any atom is 0.352 e. The van der Waals surface area contributed by atoms with E-state index in [2.05, 4.69) is 0 Å². The summed E-state index contributed by atoms with van der Waals surface area (Å²) in [6.07, 6.45) is 2.05. The lowest BCUT2D eigenvalue weighted by Gasteiger charge is -2.47. The molecule has 2 fully saturated rings. The van der Waals surface area contributed by atoms with Crippen LogP contribution in [0.25, 0.3) is 0 Å². The number of hydrogen-bond donors (Lipinski definition) is 3. The number of allylic oxidation sites excluding steroid dienone is 1. The second-order valence-electron chi connectivity index (χ2n) is 7.26. The number of likely N-dealkylation sites (tertiary alicyclic amines) is 1. The van der Waals surface area contributed by atoms with Crippen molar-refractivity contribution >= 4 is 35.5 Å². The summed E-state index contributed by atoms with van der Waals surface area (Å²) in [5.74, 6) is -2.50. The average molecular weight is 429 g/mol. The van der Waals surface area contributed by atoms with E-state index in [1.807, 2.05) is 0 Å². The predicted molar refractivity (Wildman–Crippen MR) is 107 cm³/mol. The Labute approximate surface area is 175 Å². The van der Waals surface area contributed by atoms with Crippen LogP contribution in [0.15, 0.2) is 47.2 Å². The van der Waals surface area contributed by atoms with Gasteiger partial charge in [-0.25, -0.2) is 9.59 Å². The number of carboxylic acids is 2. The molecule has 0 unspecified atom stereocenters. The lowest BCUT2D eigenvalue weighted by atomic mass is 10.0. The molecule has 1 aromatic rings. The number of amides is 2. The van der Waals surface area contributed by atoms with E-state index in [0.717, 1.165) is 5.56 Å². The van der Waals surface area contributed by atoms with Gasteiger partial charge in [-0.1, -0.05) is 12.1 Å². The third-order valence-corrected chi connectivity index (χ3v) is 6.70. The fourth-order valence-corrected chi connectivity index (χ4v) is 5.04. The van der Waals surface area contributed by atoms with E-state index in [1.54, 1.807) is 23.1 Å². The van der Waals surface area contributed by atoms with Gasteiger partial charge < -0.3 is 20.8 Å². The van der Waals surface area contributed by atoms with E-state index in [1.165, 1.54) is 28.8 Å². The molecule has 0 saturated carbocycles. The fourth-order valence-electron chi connectivity index (χ4n) is 3.79. The van der Waals surface area contributed by atoms with Gasteiger partial charge in [0.15, 0.2) is 0 Å². The Morgan fingerprint density at radius 3 is 2.50 bits per heavy atom. The molecular formula is C20H19N3O6S. The van der Waals surface area contributed by atoms with Gasteiger partial charge in [-0.3, -0.25) is 14.5 Å². The molecule has 3 aliphatic heterocycles. The number of carboxylic acid groups (broad SMARTS) is 2. The summed E-state index contributed by atoms with van der Waals surface area (Å²) >= 11 is 1.39. The molecule has 2 atom stereocenters. The number of rotatable bonds is 5. The standard InChI is InChI=1S/C20H19N3O6S/c21-14-17(25)23-15(20(28)29)13(9-30-18(14)23)7-12-5-6-22(16(12)24)8-10-1-3-11(4-2-10)19(26)27/h1-4,7,14,18H,5-6,8-9,21H2,(H,26,27)(H,28,29)/b12-7+/t14-,18-/m1/s1. The summed E-state index contributed by atoms with van der Waals surface area (Å²) in [5.41, 5.74) is 7.54. The van der Waals surface area contributed by atoms with Gasteiger partial charge in [0.2, 0.25) is 11.8 Å². The van der Waals surface area contributed by atoms with Gasteiger partial charge >= 0.3 is 11.9 Å². The third kappa shape index (κ3) is 3.37. The van der Waals surface area contributed by atoms with Crippen molar-refractivity contribution in [2.24, 2.45) is 5.73 Å². The van der Waals surface area contributed by atoms with E-state index >= 15 is 0 Å². The molecule has 1 aromatic carbocycles. The van der Waals surface area contributed by atoms with Crippen LogP contribution in [0.4, 0.5) is 0 Å². The summed E-state index contributed by atoms with van der Waals surface area (Å²) in [4.78, 5) is 50.4. The highest BCUT2D eigenvalue weighted by Crippen LogP contribution is 2.40. The van der Waals surface area contributed by atoms with E-state index in [4.69, 9.17) is 10.8 Å². The number of β-lactam (4-membered cyclic amide) rings is 1. The van der Waals surface area contributed by atoms with Gasteiger partial charge in [0.1, 0.15) is 17.1 Å². The minimum Gasteiger partial charge on any atom is -0.478 e. The van der Waals surface area contributed by atoms with Crippen molar-refractivity contribution in [3.05, 3.63) is 58.3 Å². The summed E-state index contributed by atoms with van der Waals surface area (Å²) in [5, 5.41) is 18.2. The number of hydrogen-bond acceptors (Lipinski definition) is 6.